The molecule has 5 heteroatoms. The molecule has 1 aliphatic rings. The molecule has 3 rings (SSSR count). The molecule has 0 unspecified atom stereocenters. The summed E-state index contributed by atoms with van der Waals surface area (Å²) >= 11 is 0. The van der Waals surface area contributed by atoms with Crippen LogP contribution in [0.25, 0.3) is 5.65 Å². The van der Waals surface area contributed by atoms with Crippen LogP contribution in [0.4, 0.5) is 0 Å². The Balaban J connectivity index is 1.94. The van der Waals surface area contributed by atoms with Gasteiger partial charge in [-0.15, -0.1) is 0 Å². The standard InChI is InChI=1S/C15H19N3O2/c1-11-4-6-18-14(7-11)16-12(8-15(18)20)9-17-5-2-3-13(17)10-19/h4,6-8,13,19H,2-3,5,9-10H2,1H3/t13-/m0/s1. The first-order valence-corrected chi connectivity index (χ1v) is 7.01. The molecule has 2 aromatic rings. The maximum atomic E-state index is 12.1. The average Bonchev–Trinajstić information content (AvgIpc) is 2.85. The van der Waals surface area contributed by atoms with Gasteiger partial charge in [0.05, 0.1) is 12.3 Å². The summed E-state index contributed by atoms with van der Waals surface area (Å²) in [5.74, 6) is 0. The number of rotatable bonds is 3. The fourth-order valence-electron chi connectivity index (χ4n) is 2.85. The van der Waals surface area contributed by atoms with Crippen molar-refractivity contribution < 1.29 is 5.11 Å². The van der Waals surface area contributed by atoms with Crippen LogP contribution in [-0.2, 0) is 6.54 Å². The highest BCUT2D eigenvalue weighted by Gasteiger charge is 2.24. The van der Waals surface area contributed by atoms with E-state index >= 15 is 0 Å². The molecule has 1 N–H and O–H groups in total. The van der Waals surface area contributed by atoms with Gasteiger partial charge in [0.25, 0.3) is 5.56 Å². The van der Waals surface area contributed by atoms with Crippen molar-refractivity contribution in [2.45, 2.75) is 32.4 Å². The Kier molecular flexibility index (Phi) is 3.54. The Morgan fingerprint density at radius 2 is 2.30 bits per heavy atom. The first-order valence-electron chi connectivity index (χ1n) is 7.01. The van der Waals surface area contributed by atoms with Crippen molar-refractivity contribution in [3.63, 3.8) is 0 Å². The molecule has 2 aromatic heterocycles. The van der Waals surface area contributed by atoms with Crippen LogP contribution in [0, 0.1) is 6.92 Å². The van der Waals surface area contributed by atoms with E-state index in [1.807, 2.05) is 19.1 Å². The Bertz CT molecular complexity index is 680. The van der Waals surface area contributed by atoms with Crippen LogP contribution in [0.1, 0.15) is 24.1 Å². The van der Waals surface area contributed by atoms with Gasteiger partial charge in [-0.2, -0.15) is 0 Å². The molecule has 1 atom stereocenters. The van der Waals surface area contributed by atoms with Gasteiger partial charge in [0, 0.05) is 24.8 Å². The molecule has 5 nitrogen and oxygen atoms in total. The summed E-state index contributed by atoms with van der Waals surface area (Å²) in [5, 5.41) is 9.35. The van der Waals surface area contributed by atoms with Crippen molar-refractivity contribution in [1.82, 2.24) is 14.3 Å². The normalized spacial score (nSPS) is 19.8. The number of aromatic nitrogens is 2. The predicted molar refractivity (Wildman–Crippen MR) is 76.7 cm³/mol. The average molecular weight is 273 g/mol. The molecular formula is C15H19N3O2. The van der Waals surface area contributed by atoms with Crippen LogP contribution >= 0.6 is 0 Å². The van der Waals surface area contributed by atoms with E-state index in [-0.39, 0.29) is 18.2 Å². The molecule has 0 radical (unpaired) electrons. The second kappa shape index (κ2) is 5.34. The molecule has 20 heavy (non-hydrogen) atoms. The maximum Gasteiger partial charge on any atom is 0.258 e. The third kappa shape index (κ3) is 2.46. The molecule has 1 aliphatic heterocycles. The highest BCUT2D eigenvalue weighted by Crippen LogP contribution is 2.18. The van der Waals surface area contributed by atoms with E-state index in [2.05, 4.69) is 9.88 Å². The molecule has 1 saturated heterocycles. The van der Waals surface area contributed by atoms with Crippen molar-refractivity contribution in [3.05, 3.63) is 46.0 Å². The van der Waals surface area contributed by atoms with Gasteiger partial charge in [-0.3, -0.25) is 14.1 Å². The van der Waals surface area contributed by atoms with Crippen molar-refractivity contribution in [2.24, 2.45) is 0 Å². The second-order valence-corrected chi connectivity index (χ2v) is 5.47. The summed E-state index contributed by atoms with van der Waals surface area (Å²) in [6, 6.07) is 5.61. The van der Waals surface area contributed by atoms with Crippen LogP contribution in [0.5, 0.6) is 0 Å². The van der Waals surface area contributed by atoms with E-state index in [1.54, 1.807) is 16.7 Å². The topological polar surface area (TPSA) is 57.8 Å². The number of aryl methyl sites for hydroxylation is 1. The van der Waals surface area contributed by atoms with E-state index in [0.29, 0.717) is 12.2 Å². The smallest absolute Gasteiger partial charge is 0.258 e. The molecule has 0 amide bonds. The number of pyridine rings is 1. The highest BCUT2D eigenvalue weighted by molar-refractivity contribution is 5.41. The van der Waals surface area contributed by atoms with Crippen LogP contribution in [0.3, 0.4) is 0 Å². The first kappa shape index (κ1) is 13.3. The van der Waals surface area contributed by atoms with Gasteiger partial charge >= 0.3 is 0 Å². The lowest BCUT2D eigenvalue weighted by Crippen LogP contribution is -2.32. The summed E-state index contributed by atoms with van der Waals surface area (Å²) < 4.78 is 1.56. The number of aliphatic hydroxyl groups excluding tert-OH is 1. The summed E-state index contributed by atoms with van der Waals surface area (Å²) in [5.41, 5.74) is 2.50. The van der Waals surface area contributed by atoms with Gasteiger partial charge in [0.1, 0.15) is 5.65 Å². The fourth-order valence-corrected chi connectivity index (χ4v) is 2.85. The minimum Gasteiger partial charge on any atom is -0.395 e. The molecule has 1 fully saturated rings. The van der Waals surface area contributed by atoms with Gasteiger partial charge in [0.15, 0.2) is 0 Å². The van der Waals surface area contributed by atoms with Gasteiger partial charge in [-0.1, -0.05) is 0 Å². The third-order valence-corrected chi connectivity index (χ3v) is 3.95. The highest BCUT2D eigenvalue weighted by atomic mass is 16.3. The van der Waals surface area contributed by atoms with Gasteiger partial charge < -0.3 is 5.11 Å². The molecule has 0 spiro atoms. The number of nitrogens with zero attached hydrogens (tertiary/aromatic N) is 3. The van der Waals surface area contributed by atoms with Crippen LogP contribution in [0.2, 0.25) is 0 Å². The second-order valence-electron chi connectivity index (χ2n) is 5.47. The predicted octanol–water partition coefficient (Wildman–Crippen LogP) is 0.960. The third-order valence-electron chi connectivity index (χ3n) is 3.95. The molecule has 0 bridgehead atoms. The van der Waals surface area contributed by atoms with E-state index in [1.165, 1.54) is 0 Å². The van der Waals surface area contributed by atoms with Crippen LogP contribution in [-0.4, -0.2) is 38.6 Å². The molecule has 106 valence electrons. The Morgan fingerprint density at radius 1 is 1.45 bits per heavy atom. The number of likely N-dealkylation sites (tertiary alicyclic amines) is 1. The Morgan fingerprint density at radius 3 is 3.10 bits per heavy atom. The van der Waals surface area contributed by atoms with Gasteiger partial charge in [-0.05, 0) is 44.0 Å². The first-order chi connectivity index (χ1) is 9.67. The summed E-state index contributed by atoms with van der Waals surface area (Å²) in [4.78, 5) is 18.9. The van der Waals surface area contributed by atoms with Crippen molar-refractivity contribution in [1.29, 1.82) is 0 Å². The number of aliphatic hydroxyl groups is 1. The number of hydrogen-bond donors (Lipinski definition) is 1. The minimum atomic E-state index is -0.0512. The minimum absolute atomic E-state index is 0.0512. The lowest BCUT2D eigenvalue weighted by atomic mass is 10.2. The van der Waals surface area contributed by atoms with Crippen molar-refractivity contribution in [3.8, 4) is 0 Å². The van der Waals surface area contributed by atoms with Gasteiger partial charge in [0.2, 0.25) is 0 Å². The molecule has 3 heterocycles. The zero-order chi connectivity index (χ0) is 14.1. The maximum absolute atomic E-state index is 12.1. The Labute approximate surface area is 117 Å². The quantitative estimate of drug-likeness (QED) is 0.905. The van der Waals surface area contributed by atoms with Gasteiger partial charge in [-0.25, -0.2) is 4.98 Å². The lowest BCUT2D eigenvalue weighted by Gasteiger charge is -2.22. The molecular weight excluding hydrogens is 254 g/mol. The fraction of sp³-hybridized carbons (Fsp3) is 0.467. The van der Waals surface area contributed by atoms with E-state index in [9.17, 15) is 9.90 Å². The monoisotopic (exact) mass is 273 g/mol. The summed E-state index contributed by atoms with van der Waals surface area (Å²) in [7, 11) is 0. The molecule has 0 aromatic carbocycles. The number of hydrogen-bond acceptors (Lipinski definition) is 4. The van der Waals surface area contributed by atoms with E-state index in [4.69, 9.17) is 0 Å². The van der Waals surface area contributed by atoms with E-state index in [0.717, 1.165) is 30.6 Å². The molecule has 0 aliphatic carbocycles. The largest absolute Gasteiger partial charge is 0.395 e. The summed E-state index contributed by atoms with van der Waals surface area (Å²) in [6.45, 7) is 3.75. The zero-order valence-electron chi connectivity index (χ0n) is 11.6. The number of fused-ring (bicyclic) bond motifs is 1. The Hall–Kier alpha value is -1.72. The summed E-state index contributed by atoms with van der Waals surface area (Å²) in [6.07, 6.45) is 3.87. The van der Waals surface area contributed by atoms with Crippen LogP contribution in [0.15, 0.2) is 29.2 Å². The van der Waals surface area contributed by atoms with Crippen molar-refractivity contribution in [2.75, 3.05) is 13.2 Å². The zero-order valence-corrected chi connectivity index (χ0v) is 11.6. The van der Waals surface area contributed by atoms with Crippen molar-refractivity contribution >= 4 is 5.65 Å². The molecule has 0 saturated carbocycles. The van der Waals surface area contributed by atoms with E-state index < -0.39 is 0 Å². The lowest BCUT2D eigenvalue weighted by molar-refractivity contribution is 0.152. The SMILES string of the molecule is Cc1ccn2c(=O)cc(CN3CCC[C@H]3CO)nc2c1. The van der Waals surface area contributed by atoms with Crippen LogP contribution < -0.4 is 5.56 Å².